The van der Waals surface area contributed by atoms with E-state index in [1.165, 1.54) is 44.1 Å². The van der Waals surface area contributed by atoms with Crippen LogP contribution < -0.4 is 5.32 Å². The molecule has 28 heavy (non-hydrogen) atoms. The SMILES string of the molecule is CCC(CC)N(C1CCC1)C1CC1c1cccc(C(=O)Nc2cc(C)on2)c1. The highest BCUT2D eigenvalue weighted by atomic mass is 16.5. The normalized spacial score (nSPS) is 21.8. The lowest BCUT2D eigenvalue weighted by Gasteiger charge is -2.43. The topological polar surface area (TPSA) is 58.4 Å². The third kappa shape index (κ3) is 3.86. The zero-order chi connectivity index (χ0) is 19.7. The molecule has 0 radical (unpaired) electrons. The Morgan fingerprint density at radius 3 is 2.68 bits per heavy atom. The molecule has 0 saturated heterocycles. The summed E-state index contributed by atoms with van der Waals surface area (Å²) in [5.41, 5.74) is 1.96. The van der Waals surface area contributed by atoms with Gasteiger partial charge in [-0.15, -0.1) is 0 Å². The van der Waals surface area contributed by atoms with Crippen molar-refractivity contribution in [3.63, 3.8) is 0 Å². The van der Waals surface area contributed by atoms with Crippen LogP contribution in [0.25, 0.3) is 0 Å². The number of amides is 1. The maximum Gasteiger partial charge on any atom is 0.256 e. The lowest BCUT2D eigenvalue weighted by Crippen LogP contribution is -2.48. The Bertz CT molecular complexity index is 823. The molecule has 2 unspecified atom stereocenters. The molecule has 0 bridgehead atoms. The van der Waals surface area contributed by atoms with E-state index in [-0.39, 0.29) is 5.91 Å². The summed E-state index contributed by atoms with van der Waals surface area (Å²) < 4.78 is 5.03. The van der Waals surface area contributed by atoms with Crippen molar-refractivity contribution >= 4 is 11.7 Å². The van der Waals surface area contributed by atoms with E-state index in [1.54, 1.807) is 6.07 Å². The molecule has 2 fully saturated rings. The zero-order valence-electron chi connectivity index (χ0n) is 17.1. The fourth-order valence-electron chi connectivity index (χ4n) is 4.63. The number of hydrogen-bond acceptors (Lipinski definition) is 4. The Morgan fingerprint density at radius 1 is 1.29 bits per heavy atom. The molecule has 2 aliphatic rings. The molecule has 1 N–H and O–H groups in total. The maximum atomic E-state index is 12.6. The van der Waals surface area contributed by atoms with Gasteiger partial charge in [-0.05, 0) is 56.7 Å². The summed E-state index contributed by atoms with van der Waals surface area (Å²) >= 11 is 0. The lowest BCUT2D eigenvalue weighted by molar-refractivity contribution is 0.0641. The summed E-state index contributed by atoms with van der Waals surface area (Å²) in [5.74, 6) is 1.55. The molecule has 0 aliphatic heterocycles. The highest BCUT2D eigenvalue weighted by molar-refractivity contribution is 6.03. The molecule has 1 aromatic carbocycles. The number of aryl methyl sites for hydroxylation is 1. The Labute approximate surface area is 167 Å². The van der Waals surface area contributed by atoms with Crippen LogP contribution in [0.2, 0.25) is 0 Å². The van der Waals surface area contributed by atoms with E-state index in [9.17, 15) is 4.79 Å². The number of nitrogens with one attached hydrogen (secondary N) is 1. The van der Waals surface area contributed by atoms with Crippen LogP contribution in [0.3, 0.4) is 0 Å². The maximum absolute atomic E-state index is 12.6. The van der Waals surface area contributed by atoms with Gasteiger partial charge in [-0.2, -0.15) is 0 Å². The van der Waals surface area contributed by atoms with E-state index in [0.29, 0.717) is 35.1 Å². The van der Waals surface area contributed by atoms with Gasteiger partial charge in [0.1, 0.15) is 5.76 Å². The molecule has 1 amide bonds. The van der Waals surface area contributed by atoms with Gasteiger partial charge < -0.3 is 9.84 Å². The molecule has 2 aliphatic carbocycles. The molecule has 5 heteroatoms. The van der Waals surface area contributed by atoms with Gasteiger partial charge in [0, 0.05) is 35.7 Å². The van der Waals surface area contributed by atoms with Gasteiger partial charge in [0.25, 0.3) is 5.91 Å². The predicted molar refractivity (Wildman–Crippen MR) is 111 cm³/mol. The molecule has 0 spiro atoms. The summed E-state index contributed by atoms with van der Waals surface area (Å²) in [6.45, 7) is 6.44. The average molecular weight is 382 g/mol. The first-order chi connectivity index (χ1) is 13.6. The minimum absolute atomic E-state index is 0.136. The third-order valence-electron chi connectivity index (χ3n) is 6.45. The minimum atomic E-state index is -0.136. The molecule has 1 heterocycles. The zero-order valence-corrected chi connectivity index (χ0v) is 17.1. The highest BCUT2D eigenvalue weighted by Gasteiger charge is 2.47. The predicted octanol–water partition coefficient (Wildman–Crippen LogP) is 5.13. The van der Waals surface area contributed by atoms with E-state index >= 15 is 0 Å². The summed E-state index contributed by atoms with van der Waals surface area (Å²) in [6.07, 6.45) is 7.71. The third-order valence-corrected chi connectivity index (χ3v) is 6.45. The van der Waals surface area contributed by atoms with Gasteiger partial charge in [0.15, 0.2) is 5.82 Å². The van der Waals surface area contributed by atoms with Crippen molar-refractivity contribution in [3.8, 4) is 0 Å². The lowest BCUT2D eigenvalue weighted by atomic mass is 9.89. The van der Waals surface area contributed by atoms with Gasteiger partial charge >= 0.3 is 0 Å². The van der Waals surface area contributed by atoms with Crippen LogP contribution in [0.1, 0.15) is 80.0 Å². The van der Waals surface area contributed by atoms with Crippen molar-refractivity contribution in [1.82, 2.24) is 10.1 Å². The van der Waals surface area contributed by atoms with Gasteiger partial charge in [-0.25, -0.2) is 0 Å². The van der Waals surface area contributed by atoms with Crippen LogP contribution in [-0.4, -0.2) is 34.1 Å². The molecular weight excluding hydrogens is 350 g/mol. The second-order valence-corrected chi connectivity index (χ2v) is 8.31. The largest absolute Gasteiger partial charge is 0.360 e. The van der Waals surface area contributed by atoms with Crippen LogP contribution in [0.5, 0.6) is 0 Å². The highest BCUT2D eigenvalue weighted by Crippen LogP contribution is 2.49. The summed E-state index contributed by atoms with van der Waals surface area (Å²) in [6, 6.07) is 11.9. The molecule has 150 valence electrons. The van der Waals surface area contributed by atoms with Gasteiger partial charge in [0.2, 0.25) is 0 Å². The molecule has 2 aromatic rings. The van der Waals surface area contributed by atoms with Crippen molar-refractivity contribution in [2.24, 2.45) is 0 Å². The Hall–Kier alpha value is -2.14. The first kappa shape index (κ1) is 19.2. The van der Waals surface area contributed by atoms with Crippen LogP contribution in [0.4, 0.5) is 5.82 Å². The fourth-order valence-corrected chi connectivity index (χ4v) is 4.63. The second kappa shape index (κ2) is 8.08. The first-order valence-corrected chi connectivity index (χ1v) is 10.7. The van der Waals surface area contributed by atoms with Crippen molar-refractivity contribution < 1.29 is 9.32 Å². The van der Waals surface area contributed by atoms with E-state index in [1.807, 2.05) is 19.1 Å². The number of nitrogens with zero attached hydrogens (tertiary/aromatic N) is 2. The van der Waals surface area contributed by atoms with Crippen molar-refractivity contribution in [1.29, 1.82) is 0 Å². The summed E-state index contributed by atoms with van der Waals surface area (Å²) in [7, 11) is 0. The number of hydrogen-bond donors (Lipinski definition) is 1. The van der Waals surface area contributed by atoms with Crippen molar-refractivity contribution in [3.05, 3.63) is 47.2 Å². The second-order valence-electron chi connectivity index (χ2n) is 8.31. The van der Waals surface area contributed by atoms with E-state index in [2.05, 4.69) is 41.4 Å². The van der Waals surface area contributed by atoms with Gasteiger partial charge in [-0.1, -0.05) is 37.6 Å². The molecular formula is C23H31N3O2. The first-order valence-electron chi connectivity index (χ1n) is 10.7. The van der Waals surface area contributed by atoms with Crippen LogP contribution in [-0.2, 0) is 0 Å². The van der Waals surface area contributed by atoms with Crippen molar-refractivity contribution in [2.45, 2.75) is 83.3 Å². The van der Waals surface area contributed by atoms with E-state index in [0.717, 1.165) is 6.04 Å². The Morgan fingerprint density at radius 2 is 2.07 bits per heavy atom. The standard InChI is InChI=1S/C23H31N3O2/c1-4-18(5-2)26(19-10-7-11-19)21-14-20(21)16-8-6-9-17(13-16)23(27)24-22-12-15(3)28-25-22/h6,8-9,12-13,18-21H,4-5,7,10-11,14H2,1-3H3,(H,24,25,27). The smallest absolute Gasteiger partial charge is 0.256 e. The van der Waals surface area contributed by atoms with Gasteiger partial charge in [0.05, 0.1) is 0 Å². The van der Waals surface area contributed by atoms with E-state index in [4.69, 9.17) is 4.52 Å². The number of aromatic nitrogens is 1. The summed E-state index contributed by atoms with van der Waals surface area (Å²) in [4.78, 5) is 15.4. The fraction of sp³-hybridized carbons (Fsp3) is 0.565. The monoisotopic (exact) mass is 381 g/mol. The number of carbonyl (C=O) groups is 1. The molecule has 4 rings (SSSR count). The summed E-state index contributed by atoms with van der Waals surface area (Å²) in [5, 5.41) is 6.66. The number of benzene rings is 1. The van der Waals surface area contributed by atoms with Crippen molar-refractivity contribution in [2.75, 3.05) is 5.32 Å². The quantitative estimate of drug-likeness (QED) is 0.688. The number of rotatable bonds is 8. The minimum Gasteiger partial charge on any atom is -0.360 e. The average Bonchev–Trinajstić information content (AvgIpc) is 3.35. The van der Waals surface area contributed by atoms with Crippen LogP contribution in [0.15, 0.2) is 34.9 Å². The van der Waals surface area contributed by atoms with Gasteiger partial charge in [-0.3, -0.25) is 9.69 Å². The molecule has 5 nitrogen and oxygen atoms in total. The molecule has 1 aromatic heterocycles. The van der Waals surface area contributed by atoms with Crippen LogP contribution in [0, 0.1) is 6.92 Å². The molecule has 2 atom stereocenters. The van der Waals surface area contributed by atoms with Crippen LogP contribution >= 0.6 is 0 Å². The number of carbonyl (C=O) groups excluding carboxylic acids is 1. The number of anilines is 1. The van der Waals surface area contributed by atoms with E-state index < -0.39 is 0 Å². The molecule has 2 saturated carbocycles. The Kier molecular flexibility index (Phi) is 5.54. The Balaban J connectivity index is 1.46.